The van der Waals surface area contributed by atoms with Crippen molar-refractivity contribution in [3.63, 3.8) is 0 Å². The molecule has 3 rings (SSSR count). The van der Waals surface area contributed by atoms with Gasteiger partial charge < -0.3 is 10.5 Å². The van der Waals surface area contributed by atoms with Gasteiger partial charge in [-0.05, 0) is 56.0 Å². The lowest BCUT2D eigenvalue weighted by Gasteiger charge is -2.29. The summed E-state index contributed by atoms with van der Waals surface area (Å²) in [5.74, 6) is 2.08. The Bertz CT molecular complexity index is 471. The molecule has 0 radical (unpaired) electrons. The van der Waals surface area contributed by atoms with E-state index in [1.807, 2.05) is 6.20 Å². The number of rotatable bonds is 4. The van der Waals surface area contributed by atoms with E-state index in [-0.39, 0.29) is 6.10 Å². The highest BCUT2D eigenvalue weighted by atomic mass is 16.5. The molecular weight excluding hydrogens is 262 g/mol. The van der Waals surface area contributed by atoms with Crippen LogP contribution in [0.1, 0.15) is 61.7 Å². The van der Waals surface area contributed by atoms with Crippen molar-refractivity contribution in [2.45, 2.75) is 57.5 Å². The summed E-state index contributed by atoms with van der Waals surface area (Å²) in [4.78, 5) is 9.48. The molecule has 2 unspecified atom stereocenters. The molecule has 2 aliphatic carbocycles. The van der Waals surface area contributed by atoms with E-state index in [4.69, 9.17) is 15.5 Å². The summed E-state index contributed by atoms with van der Waals surface area (Å²) in [6.07, 6.45) is 11.8. The van der Waals surface area contributed by atoms with Crippen molar-refractivity contribution in [3.8, 4) is 0 Å². The number of ether oxygens (including phenoxy) is 1. The van der Waals surface area contributed by atoms with Gasteiger partial charge in [0.15, 0.2) is 5.82 Å². The van der Waals surface area contributed by atoms with Gasteiger partial charge in [-0.15, -0.1) is 0 Å². The molecule has 1 fully saturated rings. The molecule has 21 heavy (non-hydrogen) atoms. The maximum atomic E-state index is 5.80. The molecule has 116 valence electrons. The zero-order chi connectivity index (χ0) is 14.7. The molecule has 0 saturated heterocycles. The summed E-state index contributed by atoms with van der Waals surface area (Å²) < 4.78 is 5.76. The second-order valence-corrected chi connectivity index (χ2v) is 6.60. The largest absolute Gasteiger partial charge is 0.373 e. The van der Waals surface area contributed by atoms with Crippen LogP contribution >= 0.6 is 0 Å². The molecule has 0 aliphatic heterocycles. The maximum Gasteiger partial charge on any atom is 0.157 e. The molecule has 1 saturated carbocycles. The number of nitrogens with zero attached hydrogens (tertiary/aromatic N) is 2. The van der Waals surface area contributed by atoms with Crippen molar-refractivity contribution in [1.29, 1.82) is 0 Å². The molecule has 0 amide bonds. The first-order chi connectivity index (χ1) is 10.3. The Morgan fingerprint density at radius 3 is 2.81 bits per heavy atom. The third kappa shape index (κ3) is 3.27. The first kappa shape index (κ1) is 14.9. The van der Waals surface area contributed by atoms with Gasteiger partial charge >= 0.3 is 0 Å². The highest BCUT2D eigenvalue weighted by Crippen LogP contribution is 2.35. The molecule has 1 aromatic heterocycles. The van der Waals surface area contributed by atoms with Crippen LogP contribution < -0.4 is 5.73 Å². The van der Waals surface area contributed by atoms with Crippen LogP contribution in [-0.2, 0) is 17.6 Å². The van der Waals surface area contributed by atoms with E-state index in [0.29, 0.717) is 11.8 Å². The predicted octanol–water partition coefficient (Wildman–Crippen LogP) is 2.81. The summed E-state index contributed by atoms with van der Waals surface area (Å²) in [6, 6.07) is 0. The molecule has 1 heterocycles. The molecular formula is C17H27N3O. The third-order valence-corrected chi connectivity index (χ3v) is 5.19. The molecule has 0 spiro atoms. The minimum atomic E-state index is 0.0721. The number of aromatic nitrogens is 2. The van der Waals surface area contributed by atoms with Crippen LogP contribution in [0.4, 0.5) is 0 Å². The van der Waals surface area contributed by atoms with Crippen LogP contribution in [0.15, 0.2) is 6.20 Å². The van der Waals surface area contributed by atoms with E-state index in [1.54, 1.807) is 7.11 Å². The molecule has 2 atom stereocenters. The second-order valence-electron chi connectivity index (χ2n) is 6.60. The third-order valence-electron chi connectivity index (χ3n) is 5.19. The van der Waals surface area contributed by atoms with E-state index < -0.39 is 0 Å². The number of fused-ring (bicyclic) bond motifs is 1. The minimum Gasteiger partial charge on any atom is -0.373 e. The van der Waals surface area contributed by atoms with Crippen LogP contribution in [0.2, 0.25) is 0 Å². The Morgan fingerprint density at radius 1 is 1.29 bits per heavy atom. The minimum absolute atomic E-state index is 0.0721. The van der Waals surface area contributed by atoms with Gasteiger partial charge in [0.2, 0.25) is 0 Å². The molecule has 4 heteroatoms. The highest BCUT2D eigenvalue weighted by Gasteiger charge is 2.28. The fourth-order valence-electron chi connectivity index (χ4n) is 3.88. The number of methoxy groups -OCH3 is 1. The van der Waals surface area contributed by atoms with Crippen molar-refractivity contribution in [1.82, 2.24) is 9.97 Å². The van der Waals surface area contributed by atoms with Gasteiger partial charge in [-0.3, -0.25) is 0 Å². The monoisotopic (exact) mass is 289 g/mol. The van der Waals surface area contributed by atoms with E-state index in [9.17, 15) is 0 Å². The predicted molar refractivity (Wildman–Crippen MR) is 82.9 cm³/mol. The Kier molecular flexibility index (Phi) is 4.86. The van der Waals surface area contributed by atoms with Crippen molar-refractivity contribution in [2.24, 2.45) is 17.6 Å². The van der Waals surface area contributed by atoms with Crippen LogP contribution in [0.3, 0.4) is 0 Å². The van der Waals surface area contributed by atoms with E-state index in [0.717, 1.165) is 31.6 Å². The zero-order valence-corrected chi connectivity index (χ0v) is 13.1. The Balaban J connectivity index is 1.78. The van der Waals surface area contributed by atoms with Crippen LogP contribution in [0.25, 0.3) is 0 Å². The first-order valence-corrected chi connectivity index (χ1v) is 8.39. The molecule has 1 aromatic rings. The number of hydrogen-bond donors (Lipinski definition) is 1. The van der Waals surface area contributed by atoms with E-state index in [1.165, 1.54) is 43.4 Å². The van der Waals surface area contributed by atoms with Gasteiger partial charge in [-0.2, -0.15) is 0 Å². The number of aryl methyl sites for hydroxylation is 1. The summed E-state index contributed by atoms with van der Waals surface area (Å²) in [7, 11) is 1.80. The van der Waals surface area contributed by atoms with Crippen molar-refractivity contribution >= 4 is 0 Å². The summed E-state index contributed by atoms with van der Waals surface area (Å²) >= 11 is 0. The van der Waals surface area contributed by atoms with Gasteiger partial charge in [0, 0.05) is 19.0 Å². The maximum absolute atomic E-state index is 5.80. The van der Waals surface area contributed by atoms with Crippen molar-refractivity contribution in [3.05, 3.63) is 23.3 Å². The quantitative estimate of drug-likeness (QED) is 0.926. The zero-order valence-electron chi connectivity index (χ0n) is 13.1. The van der Waals surface area contributed by atoms with Gasteiger partial charge in [0.1, 0.15) is 6.10 Å². The summed E-state index contributed by atoms with van der Waals surface area (Å²) in [5.41, 5.74) is 8.31. The van der Waals surface area contributed by atoms with E-state index in [2.05, 4.69) is 4.98 Å². The number of hydrogen-bond acceptors (Lipinski definition) is 4. The fourth-order valence-corrected chi connectivity index (χ4v) is 3.88. The van der Waals surface area contributed by atoms with Gasteiger partial charge in [-0.25, -0.2) is 9.97 Å². The van der Waals surface area contributed by atoms with Crippen LogP contribution in [-0.4, -0.2) is 23.6 Å². The summed E-state index contributed by atoms with van der Waals surface area (Å²) in [5, 5.41) is 0. The van der Waals surface area contributed by atoms with Gasteiger partial charge in [0.05, 0.1) is 0 Å². The van der Waals surface area contributed by atoms with Gasteiger partial charge in [-0.1, -0.05) is 19.3 Å². The topological polar surface area (TPSA) is 61.0 Å². The van der Waals surface area contributed by atoms with E-state index >= 15 is 0 Å². The normalized spacial score (nSPS) is 24.6. The molecule has 0 aromatic carbocycles. The molecule has 2 N–H and O–H groups in total. The highest BCUT2D eigenvalue weighted by molar-refractivity contribution is 5.22. The first-order valence-electron chi connectivity index (χ1n) is 8.39. The smallest absolute Gasteiger partial charge is 0.157 e. The fraction of sp³-hybridized carbons (Fsp3) is 0.765. The average molecular weight is 289 g/mol. The average Bonchev–Trinajstić information content (AvgIpc) is 2.56. The molecule has 4 nitrogen and oxygen atoms in total. The Morgan fingerprint density at radius 2 is 2.10 bits per heavy atom. The second kappa shape index (κ2) is 6.84. The number of nitrogens with two attached hydrogens (primary N) is 1. The molecule has 2 aliphatic rings. The molecule has 0 bridgehead atoms. The van der Waals surface area contributed by atoms with Crippen molar-refractivity contribution < 1.29 is 4.74 Å². The van der Waals surface area contributed by atoms with Crippen LogP contribution in [0.5, 0.6) is 0 Å². The Labute approximate surface area is 127 Å². The standard InChI is InChI=1S/C17H27N3O/c1-21-16(13-5-3-2-4-6-13)17-19-11-14-9-12(10-18)7-8-15(14)20-17/h11-13,16H,2-10,18H2,1H3. The van der Waals surface area contributed by atoms with Gasteiger partial charge in [0.25, 0.3) is 0 Å². The Hall–Kier alpha value is -1.00. The lowest BCUT2D eigenvalue weighted by Crippen LogP contribution is -2.25. The van der Waals surface area contributed by atoms with Crippen molar-refractivity contribution in [2.75, 3.05) is 13.7 Å². The lowest BCUT2D eigenvalue weighted by molar-refractivity contribution is 0.0286. The summed E-state index contributed by atoms with van der Waals surface area (Å²) in [6.45, 7) is 0.768. The van der Waals surface area contributed by atoms with Crippen LogP contribution in [0, 0.1) is 11.8 Å². The lowest BCUT2D eigenvalue weighted by atomic mass is 9.84. The SMILES string of the molecule is COC(c1ncc2c(n1)CCC(CN)C2)C1CCCCC1.